The number of carboxylic acids is 1. The zero-order chi connectivity index (χ0) is 18.4. The Bertz CT molecular complexity index is 732. The number of ether oxygens (including phenoxy) is 1. The molecular formula is C21H23NO4. The molecule has 3 rings (SSSR count). The molecule has 5 heteroatoms. The third-order valence-electron chi connectivity index (χ3n) is 4.82. The Hall–Kier alpha value is -2.82. The normalized spacial score (nSPS) is 19.8. The summed E-state index contributed by atoms with van der Waals surface area (Å²) in [5.74, 6) is -1.43. The number of likely N-dealkylation sites (tertiary alicyclic amines) is 1. The third-order valence-corrected chi connectivity index (χ3v) is 4.82. The molecule has 26 heavy (non-hydrogen) atoms. The quantitative estimate of drug-likeness (QED) is 0.889. The molecule has 1 aliphatic rings. The summed E-state index contributed by atoms with van der Waals surface area (Å²) in [4.78, 5) is 26.0. The summed E-state index contributed by atoms with van der Waals surface area (Å²) in [6.07, 6.45) is 1.32. The lowest BCUT2D eigenvalue weighted by molar-refractivity contribution is -0.145. The smallest absolute Gasteiger partial charge is 0.410 e. The maximum absolute atomic E-state index is 12.7. The van der Waals surface area contributed by atoms with Gasteiger partial charge >= 0.3 is 12.1 Å². The van der Waals surface area contributed by atoms with Gasteiger partial charge in [-0.3, -0.25) is 4.79 Å². The summed E-state index contributed by atoms with van der Waals surface area (Å²) in [6, 6.07) is 18.8. The Balaban J connectivity index is 1.73. The number of benzene rings is 2. The van der Waals surface area contributed by atoms with E-state index < -0.39 is 24.0 Å². The van der Waals surface area contributed by atoms with E-state index in [9.17, 15) is 14.7 Å². The van der Waals surface area contributed by atoms with Gasteiger partial charge in [-0.05, 0) is 30.4 Å². The number of carbonyl (C=O) groups excluding carboxylic acids is 1. The first kappa shape index (κ1) is 18.0. The van der Waals surface area contributed by atoms with Gasteiger partial charge in [0, 0.05) is 6.54 Å². The van der Waals surface area contributed by atoms with Crippen LogP contribution in [0.15, 0.2) is 60.7 Å². The molecule has 1 amide bonds. The average Bonchev–Trinajstić information content (AvgIpc) is 2.67. The van der Waals surface area contributed by atoms with Crippen molar-refractivity contribution in [2.24, 2.45) is 5.92 Å². The molecule has 2 unspecified atom stereocenters. The molecule has 1 heterocycles. The molecular weight excluding hydrogens is 330 g/mol. The number of hydrogen-bond acceptors (Lipinski definition) is 3. The average molecular weight is 353 g/mol. The summed E-state index contributed by atoms with van der Waals surface area (Å²) in [5.41, 5.74) is 1.93. The molecule has 1 aliphatic heterocycles. The highest BCUT2D eigenvalue weighted by Gasteiger charge is 2.39. The van der Waals surface area contributed by atoms with Gasteiger partial charge in [0.15, 0.2) is 0 Å². The summed E-state index contributed by atoms with van der Waals surface area (Å²) in [7, 11) is 0. The fourth-order valence-electron chi connectivity index (χ4n) is 3.48. The van der Waals surface area contributed by atoms with E-state index in [1.54, 1.807) is 4.90 Å². The first-order valence-electron chi connectivity index (χ1n) is 8.89. The van der Waals surface area contributed by atoms with Crippen molar-refractivity contribution in [3.63, 3.8) is 0 Å². The first-order valence-corrected chi connectivity index (χ1v) is 8.89. The van der Waals surface area contributed by atoms with E-state index in [0.717, 1.165) is 11.1 Å². The molecule has 0 radical (unpaired) electrons. The minimum Gasteiger partial charge on any atom is -0.481 e. The molecule has 0 spiro atoms. The van der Waals surface area contributed by atoms with Crippen LogP contribution in [0.5, 0.6) is 0 Å². The number of amides is 1. The predicted octanol–water partition coefficient (Wildman–Crippen LogP) is 3.73. The van der Waals surface area contributed by atoms with E-state index in [0.29, 0.717) is 25.8 Å². The van der Waals surface area contributed by atoms with E-state index in [2.05, 4.69) is 0 Å². The van der Waals surface area contributed by atoms with E-state index in [-0.39, 0.29) is 6.61 Å². The highest BCUT2D eigenvalue weighted by Crippen LogP contribution is 2.28. The molecule has 5 nitrogen and oxygen atoms in total. The van der Waals surface area contributed by atoms with Crippen molar-refractivity contribution in [2.45, 2.75) is 31.9 Å². The third kappa shape index (κ3) is 4.42. The van der Waals surface area contributed by atoms with Gasteiger partial charge in [0.05, 0.1) is 12.0 Å². The van der Waals surface area contributed by atoms with Gasteiger partial charge in [0.2, 0.25) is 0 Å². The zero-order valence-electron chi connectivity index (χ0n) is 14.6. The Morgan fingerprint density at radius 3 is 2.23 bits per heavy atom. The number of nitrogens with zero attached hydrogens (tertiary/aromatic N) is 1. The van der Waals surface area contributed by atoms with Gasteiger partial charge in [-0.1, -0.05) is 60.7 Å². The Kier molecular flexibility index (Phi) is 5.89. The molecule has 0 aromatic heterocycles. The lowest BCUT2D eigenvalue weighted by Gasteiger charge is -2.39. The second-order valence-corrected chi connectivity index (χ2v) is 6.58. The number of carboxylic acid groups (broad SMARTS) is 1. The maximum Gasteiger partial charge on any atom is 0.410 e. The first-order chi connectivity index (χ1) is 12.6. The van der Waals surface area contributed by atoms with Crippen molar-refractivity contribution in [3.05, 3.63) is 71.8 Å². The van der Waals surface area contributed by atoms with Crippen LogP contribution in [0.1, 0.15) is 24.0 Å². The minimum atomic E-state index is -0.855. The van der Waals surface area contributed by atoms with Gasteiger partial charge in [-0.25, -0.2) is 4.79 Å². The summed E-state index contributed by atoms with van der Waals surface area (Å²) in [6.45, 7) is 0.709. The standard InChI is InChI=1S/C21H23NO4/c23-20(24)18-12-7-13-22(19(18)14-16-8-3-1-4-9-16)21(25)26-15-17-10-5-2-6-11-17/h1-6,8-11,18-19H,7,12-15H2,(H,23,24). The summed E-state index contributed by atoms with van der Waals surface area (Å²) >= 11 is 0. The van der Waals surface area contributed by atoms with Crippen LogP contribution in [-0.4, -0.2) is 34.7 Å². The van der Waals surface area contributed by atoms with E-state index in [4.69, 9.17) is 4.74 Å². The van der Waals surface area contributed by atoms with Crippen molar-refractivity contribution in [3.8, 4) is 0 Å². The van der Waals surface area contributed by atoms with Crippen LogP contribution in [0, 0.1) is 5.92 Å². The van der Waals surface area contributed by atoms with Crippen molar-refractivity contribution >= 4 is 12.1 Å². The van der Waals surface area contributed by atoms with Crippen LogP contribution in [-0.2, 0) is 22.6 Å². The molecule has 0 bridgehead atoms. The lowest BCUT2D eigenvalue weighted by atomic mass is 9.85. The molecule has 1 N–H and O–H groups in total. The van der Waals surface area contributed by atoms with Gasteiger partial charge in [0.25, 0.3) is 0 Å². The minimum absolute atomic E-state index is 0.186. The molecule has 1 saturated heterocycles. The van der Waals surface area contributed by atoms with Crippen molar-refractivity contribution in [1.82, 2.24) is 4.90 Å². The molecule has 1 fully saturated rings. The van der Waals surface area contributed by atoms with Crippen LogP contribution in [0.2, 0.25) is 0 Å². The maximum atomic E-state index is 12.7. The predicted molar refractivity (Wildman–Crippen MR) is 97.6 cm³/mol. The van der Waals surface area contributed by atoms with Gasteiger partial charge in [0.1, 0.15) is 6.61 Å². The van der Waals surface area contributed by atoms with Gasteiger partial charge in [-0.2, -0.15) is 0 Å². The number of piperidine rings is 1. The molecule has 0 saturated carbocycles. The SMILES string of the molecule is O=C(O)C1CCCN(C(=O)OCc2ccccc2)C1Cc1ccccc1. The second-order valence-electron chi connectivity index (χ2n) is 6.58. The fourth-order valence-corrected chi connectivity index (χ4v) is 3.48. The van der Waals surface area contributed by atoms with Gasteiger partial charge in [-0.15, -0.1) is 0 Å². The van der Waals surface area contributed by atoms with E-state index >= 15 is 0 Å². The van der Waals surface area contributed by atoms with Crippen molar-refractivity contribution < 1.29 is 19.4 Å². The highest BCUT2D eigenvalue weighted by molar-refractivity contribution is 5.74. The molecule has 2 atom stereocenters. The number of carbonyl (C=O) groups is 2. The fraction of sp³-hybridized carbons (Fsp3) is 0.333. The second kappa shape index (κ2) is 8.52. The van der Waals surface area contributed by atoms with Crippen molar-refractivity contribution in [2.75, 3.05) is 6.54 Å². The van der Waals surface area contributed by atoms with Crippen LogP contribution >= 0.6 is 0 Å². The topological polar surface area (TPSA) is 66.8 Å². The Morgan fingerprint density at radius 1 is 1.00 bits per heavy atom. The van der Waals surface area contributed by atoms with Crippen LogP contribution in [0.3, 0.4) is 0 Å². The summed E-state index contributed by atoms with van der Waals surface area (Å²) in [5, 5.41) is 9.62. The molecule has 0 aliphatic carbocycles. The highest BCUT2D eigenvalue weighted by atomic mass is 16.6. The van der Waals surface area contributed by atoms with E-state index in [1.165, 1.54) is 0 Å². The Morgan fingerprint density at radius 2 is 1.62 bits per heavy atom. The largest absolute Gasteiger partial charge is 0.481 e. The molecule has 136 valence electrons. The van der Waals surface area contributed by atoms with Crippen LogP contribution in [0.25, 0.3) is 0 Å². The zero-order valence-corrected chi connectivity index (χ0v) is 14.6. The van der Waals surface area contributed by atoms with E-state index in [1.807, 2.05) is 60.7 Å². The Labute approximate surface area is 153 Å². The number of aliphatic carboxylic acids is 1. The van der Waals surface area contributed by atoms with Crippen LogP contribution in [0.4, 0.5) is 4.79 Å². The number of rotatable bonds is 5. The molecule has 2 aromatic rings. The van der Waals surface area contributed by atoms with Crippen LogP contribution < -0.4 is 0 Å². The monoisotopic (exact) mass is 353 g/mol. The van der Waals surface area contributed by atoms with Crippen molar-refractivity contribution in [1.29, 1.82) is 0 Å². The van der Waals surface area contributed by atoms with Gasteiger partial charge < -0.3 is 14.7 Å². The lowest BCUT2D eigenvalue weighted by Crippen LogP contribution is -2.51. The number of hydrogen-bond donors (Lipinski definition) is 1. The summed E-state index contributed by atoms with van der Waals surface area (Å²) < 4.78 is 5.46. The molecule has 2 aromatic carbocycles.